The predicted octanol–water partition coefficient (Wildman–Crippen LogP) is 2.40. The van der Waals surface area contributed by atoms with Crippen LogP contribution in [-0.4, -0.2) is 14.2 Å². The maximum absolute atomic E-state index is 5.40. The van der Waals surface area contributed by atoms with Gasteiger partial charge in [-0.15, -0.1) is 0 Å². The Morgan fingerprint density at radius 2 is 1.78 bits per heavy atom. The summed E-state index contributed by atoms with van der Waals surface area (Å²) in [6, 6.07) is 6.40. The lowest BCUT2D eigenvalue weighted by molar-refractivity contribution is -0.695. The van der Waals surface area contributed by atoms with Crippen LogP contribution in [0.15, 0.2) is 18.2 Å². The van der Waals surface area contributed by atoms with Crippen molar-refractivity contribution in [3.8, 4) is 11.5 Å². The lowest BCUT2D eigenvalue weighted by Gasteiger charge is -2.10. The molecule has 0 fully saturated rings. The van der Waals surface area contributed by atoms with Crippen LogP contribution >= 0.6 is 0 Å². The minimum atomic E-state index is 0.798. The van der Waals surface area contributed by atoms with Gasteiger partial charge in [0.2, 0.25) is 0 Å². The van der Waals surface area contributed by atoms with E-state index in [0.29, 0.717) is 0 Å². The molecule has 0 bridgehead atoms. The van der Waals surface area contributed by atoms with Crippen molar-refractivity contribution in [2.24, 2.45) is 0 Å². The van der Waals surface area contributed by atoms with Crippen LogP contribution in [0.3, 0.4) is 0 Å². The number of rotatable bonds is 2. The van der Waals surface area contributed by atoms with E-state index in [9.17, 15) is 0 Å². The predicted molar refractivity (Wildman–Crippen MR) is 70.3 cm³/mol. The highest BCUT2D eigenvalue weighted by atomic mass is 16.5. The van der Waals surface area contributed by atoms with Crippen molar-refractivity contribution in [1.82, 2.24) is 0 Å². The van der Waals surface area contributed by atoms with Gasteiger partial charge in [-0.3, -0.25) is 0 Å². The fourth-order valence-corrected chi connectivity index (χ4v) is 2.91. The molecule has 0 spiro atoms. The number of pyridine rings is 1. The van der Waals surface area contributed by atoms with Crippen LogP contribution in [0.25, 0.3) is 10.8 Å². The van der Waals surface area contributed by atoms with Crippen molar-refractivity contribution < 1.29 is 14.0 Å². The molecule has 94 valence electrons. The molecule has 3 rings (SSSR count). The largest absolute Gasteiger partial charge is 0.493 e. The summed E-state index contributed by atoms with van der Waals surface area (Å²) in [5.41, 5.74) is 2.74. The normalized spacial score (nSPS) is 13.7. The molecule has 0 saturated heterocycles. The van der Waals surface area contributed by atoms with Crippen molar-refractivity contribution in [2.75, 3.05) is 14.2 Å². The van der Waals surface area contributed by atoms with Gasteiger partial charge in [-0.05, 0) is 17.5 Å². The third kappa shape index (κ3) is 1.54. The molecule has 0 atom stereocenters. The highest BCUT2D eigenvalue weighted by Gasteiger charge is 2.25. The van der Waals surface area contributed by atoms with Gasteiger partial charge in [-0.25, -0.2) is 0 Å². The Morgan fingerprint density at radius 1 is 1.06 bits per heavy atom. The number of aromatic nitrogens is 1. The molecule has 1 aliphatic heterocycles. The van der Waals surface area contributed by atoms with Crippen LogP contribution in [0, 0.1) is 6.92 Å². The van der Waals surface area contributed by atoms with E-state index in [2.05, 4.69) is 29.7 Å². The van der Waals surface area contributed by atoms with Gasteiger partial charge >= 0.3 is 0 Å². The summed E-state index contributed by atoms with van der Waals surface area (Å²) in [5, 5.41) is 2.52. The smallest absolute Gasteiger partial charge is 0.189 e. The number of fused-ring (bicyclic) bond motifs is 3. The van der Waals surface area contributed by atoms with E-state index in [1.165, 1.54) is 28.6 Å². The summed E-state index contributed by atoms with van der Waals surface area (Å²) in [4.78, 5) is 0. The molecule has 1 aliphatic rings. The van der Waals surface area contributed by atoms with E-state index in [1.54, 1.807) is 14.2 Å². The quantitative estimate of drug-likeness (QED) is 0.757. The first-order valence-electron chi connectivity index (χ1n) is 6.32. The van der Waals surface area contributed by atoms with Gasteiger partial charge in [0.25, 0.3) is 0 Å². The minimum Gasteiger partial charge on any atom is -0.493 e. The standard InChI is InChI=1S/C15H18NO2/c1-10-7-11-8-14(17-2)15(18-3)9-12(11)13-5-4-6-16(10)13/h7-9H,4-6H2,1-3H3/q+1. The Hall–Kier alpha value is -1.77. The van der Waals surface area contributed by atoms with Crippen LogP contribution in [0.4, 0.5) is 0 Å². The van der Waals surface area contributed by atoms with E-state index in [1.807, 2.05) is 0 Å². The summed E-state index contributed by atoms with van der Waals surface area (Å²) in [5.74, 6) is 1.61. The van der Waals surface area contributed by atoms with Crippen LogP contribution in [0.1, 0.15) is 17.8 Å². The average molecular weight is 244 g/mol. The summed E-state index contributed by atoms with van der Waals surface area (Å²) in [6.45, 7) is 3.30. The topological polar surface area (TPSA) is 22.3 Å². The van der Waals surface area contributed by atoms with Gasteiger partial charge in [0, 0.05) is 25.8 Å². The first-order valence-corrected chi connectivity index (χ1v) is 6.32. The Labute approximate surface area is 107 Å². The first kappa shape index (κ1) is 11.3. The van der Waals surface area contributed by atoms with Crippen molar-refractivity contribution >= 4 is 10.8 Å². The molecule has 1 aromatic carbocycles. The molecule has 2 aromatic rings. The van der Waals surface area contributed by atoms with Crippen molar-refractivity contribution in [1.29, 1.82) is 0 Å². The molecule has 18 heavy (non-hydrogen) atoms. The van der Waals surface area contributed by atoms with E-state index >= 15 is 0 Å². The highest BCUT2D eigenvalue weighted by molar-refractivity contribution is 5.87. The number of methoxy groups -OCH3 is 2. The Balaban J connectivity index is 2.34. The number of benzene rings is 1. The SMILES string of the molecule is COc1cc2cc(C)[n+]3c(c2cc1OC)CCC3. The zero-order valence-corrected chi connectivity index (χ0v) is 11.1. The van der Waals surface area contributed by atoms with Crippen LogP contribution < -0.4 is 14.0 Å². The summed E-state index contributed by atoms with van der Waals surface area (Å²) in [6.07, 6.45) is 2.38. The molecule has 0 N–H and O–H groups in total. The van der Waals surface area contributed by atoms with E-state index in [4.69, 9.17) is 9.47 Å². The molecular formula is C15H18NO2+. The maximum Gasteiger partial charge on any atom is 0.189 e. The zero-order chi connectivity index (χ0) is 12.7. The number of aryl methyl sites for hydroxylation is 2. The summed E-state index contributed by atoms with van der Waals surface area (Å²) >= 11 is 0. The van der Waals surface area contributed by atoms with Gasteiger partial charge in [-0.1, -0.05) is 0 Å². The second kappa shape index (κ2) is 4.16. The average Bonchev–Trinajstić information content (AvgIpc) is 2.87. The van der Waals surface area contributed by atoms with Gasteiger partial charge in [0.1, 0.15) is 6.54 Å². The number of ether oxygens (including phenoxy) is 2. The molecule has 3 nitrogen and oxygen atoms in total. The van der Waals surface area contributed by atoms with E-state index in [-0.39, 0.29) is 0 Å². The molecule has 0 radical (unpaired) electrons. The fraction of sp³-hybridized carbons (Fsp3) is 0.400. The second-order valence-electron chi connectivity index (χ2n) is 4.78. The maximum atomic E-state index is 5.40. The number of nitrogens with zero attached hydrogens (tertiary/aromatic N) is 1. The Kier molecular flexibility index (Phi) is 2.62. The first-order chi connectivity index (χ1) is 8.74. The zero-order valence-electron chi connectivity index (χ0n) is 11.1. The van der Waals surface area contributed by atoms with Crippen LogP contribution in [0.5, 0.6) is 11.5 Å². The highest BCUT2D eigenvalue weighted by Crippen LogP contribution is 2.34. The fourth-order valence-electron chi connectivity index (χ4n) is 2.91. The van der Waals surface area contributed by atoms with Gasteiger partial charge in [0.05, 0.1) is 19.6 Å². The molecule has 2 heterocycles. The van der Waals surface area contributed by atoms with E-state index < -0.39 is 0 Å². The van der Waals surface area contributed by atoms with Crippen LogP contribution in [0.2, 0.25) is 0 Å². The number of hydrogen-bond donors (Lipinski definition) is 0. The van der Waals surface area contributed by atoms with Crippen molar-refractivity contribution in [3.63, 3.8) is 0 Å². The lowest BCUT2D eigenvalue weighted by Crippen LogP contribution is -2.36. The van der Waals surface area contributed by atoms with Gasteiger partial charge < -0.3 is 9.47 Å². The molecule has 0 amide bonds. The third-order valence-electron chi connectivity index (χ3n) is 3.78. The molecule has 1 aromatic heterocycles. The van der Waals surface area contributed by atoms with Crippen molar-refractivity contribution in [3.05, 3.63) is 29.6 Å². The van der Waals surface area contributed by atoms with Gasteiger partial charge in [-0.2, -0.15) is 4.57 Å². The van der Waals surface area contributed by atoms with E-state index in [0.717, 1.165) is 24.5 Å². The molecule has 0 aliphatic carbocycles. The second-order valence-corrected chi connectivity index (χ2v) is 4.78. The molecule has 3 heteroatoms. The van der Waals surface area contributed by atoms with Crippen molar-refractivity contribution in [2.45, 2.75) is 26.3 Å². The summed E-state index contributed by atoms with van der Waals surface area (Å²) < 4.78 is 13.2. The monoisotopic (exact) mass is 244 g/mol. The number of hydrogen-bond acceptors (Lipinski definition) is 2. The lowest BCUT2D eigenvalue weighted by atomic mass is 10.1. The molecule has 0 saturated carbocycles. The molecular weight excluding hydrogens is 226 g/mol. The Morgan fingerprint density at radius 3 is 2.50 bits per heavy atom. The third-order valence-corrected chi connectivity index (χ3v) is 3.78. The minimum absolute atomic E-state index is 0.798. The van der Waals surface area contributed by atoms with Crippen LogP contribution in [-0.2, 0) is 13.0 Å². The van der Waals surface area contributed by atoms with Gasteiger partial charge in [0.15, 0.2) is 22.9 Å². The summed E-state index contributed by atoms with van der Waals surface area (Å²) in [7, 11) is 3.36. The molecule has 0 unspecified atom stereocenters. The Bertz CT molecular complexity index is 620.